The predicted molar refractivity (Wildman–Crippen MR) is 96.7 cm³/mol. The van der Waals surface area contributed by atoms with Gasteiger partial charge in [0, 0.05) is 14.1 Å². The van der Waals surface area contributed by atoms with Crippen molar-refractivity contribution in [3.05, 3.63) is 29.8 Å². The summed E-state index contributed by atoms with van der Waals surface area (Å²) in [6.45, 7) is 3.10. The number of carbonyl (C=O) groups excluding carboxylic acids is 1. The monoisotopic (exact) mass is 375 g/mol. The number of nitrogens with zero attached hydrogens (tertiary/aromatic N) is 1. The second-order valence-electron chi connectivity index (χ2n) is 6.22. The fourth-order valence-electron chi connectivity index (χ4n) is 2.23. The van der Waals surface area contributed by atoms with Gasteiger partial charge < -0.3 is 10.6 Å². The molecule has 1 aliphatic rings. The molecule has 0 saturated heterocycles. The van der Waals surface area contributed by atoms with Crippen molar-refractivity contribution in [1.82, 2.24) is 14.9 Å². The third-order valence-electron chi connectivity index (χ3n) is 3.95. The van der Waals surface area contributed by atoms with E-state index in [2.05, 4.69) is 10.6 Å². The highest BCUT2D eigenvalue weighted by atomic mass is 35.5. The predicted octanol–water partition coefficient (Wildman–Crippen LogP) is 1.54. The molecule has 1 atom stereocenters. The van der Waals surface area contributed by atoms with Gasteiger partial charge in [-0.15, -0.1) is 12.4 Å². The Labute approximate surface area is 150 Å². The van der Waals surface area contributed by atoms with Gasteiger partial charge in [0.25, 0.3) is 0 Å². The number of hydrogen-bond acceptors (Lipinski definition) is 4. The molecule has 0 bridgehead atoms. The van der Waals surface area contributed by atoms with Crippen molar-refractivity contribution < 1.29 is 13.2 Å². The van der Waals surface area contributed by atoms with Crippen LogP contribution in [0.4, 0.5) is 0 Å². The molecule has 8 heteroatoms. The highest BCUT2D eigenvalue weighted by Crippen LogP contribution is 2.27. The summed E-state index contributed by atoms with van der Waals surface area (Å²) in [5, 5.41) is 6.06. The molecule has 0 aromatic heterocycles. The lowest BCUT2D eigenvalue weighted by molar-refractivity contribution is -0.120. The van der Waals surface area contributed by atoms with Crippen molar-refractivity contribution in [2.45, 2.75) is 30.7 Å². The summed E-state index contributed by atoms with van der Waals surface area (Å²) >= 11 is 0. The average Bonchev–Trinajstić information content (AvgIpc) is 3.31. The zero-order valence-electron chi connectivity index (χ0n) is 14.3. The van der Waals surface area contributed by atoms with Gasteiger partial charge in [0.1, 0.15) is 0 Å². The van der Waals surface area contributed by atoms with Crippen LogP contribution in [0.15, 0.2) is 29.2 Å². The van der Waals surface area contributed by atoms with Gasteiger partial charge in [-0.2, -0.15) is 0 Å². The molecule has 136 valence electrons. The van der Waals surface area contributed by atoms with E-state index in [1.807, 2.05) is 6.92 Å². The highest BCUT2D eigenvalue weighted by Gasteiger charge is 2.21. The van der Waals surface area contributed by atoms with E-state index in [9.17, 15) is 13.2 Å². The molecule has 1 aromatic carbocycles. The molecular formula is C16H26ClN3O3S. The van der Waals surface area contributed by atoms with Gasteiger partial charge in [-0.05, 0) is 49.9 Å². The summed E-state index contributed by atoms with van der Waals surface area (Å²) < 4.78 is 25.2. The van der Waals surface area contributed by atoms with Crippen LogP contribution in [0.2, 0.25) is 0 Å². The van der Waals surface area contributed by atoms with E-state index in [1.54, 1.807) is 24.3 Å². The molecule has 0 aliphatic heterocycles. The number of nitrogens with one attached hydrogen (secondary N) is 2. The standard InChI is InChI=1S/C16H25N3O3S.ClH/c1-12(18-16(20)11-17-10-13-4-5-13)14-6-8-15(9-7-14)23(21,22)19(2)3;/h6-9,12-13,17H,4-5,10-11H2,1-3H3,(H,18,20);1H. The van der Waals surface area contributed by atoms with Crippen molar-refractivity contribution in [3.8, 4) is 0 Å². The summed E-state index contributed by atoms with van der Waals surface area (Å²) in [7, 11) is -0.419. The zero-order chi connectivity index (χ0) is 17.0. The number of sulfonamides is 1. The maximum atomic E-state index is 12.0. The largest absolute Gasteiger partial charge is 0.348 e. The van der Waals surface area contributed by atoms with E-state index in [1.165, 1.54) is 31.2 Å². The first-order valence-corrected chi connectivity index (χ1v) is 9.27. The molecule has 0 heterocycles. The third kappa shape index (κ3) is 5.73. The van der Waals surface area contributed by atoms with E-state index >= 15 is 0 Å². The molecular weight excluding hydrogens is 350 g/mol. The summed E-state index contributed by atoms with van der Waals surface area (Å²) in [5.41, 5.74) is 0.873. The molecule has 24 heavy (non-hydrogen) atoms. The van der Waals surface area contributed by atoms with Gasteiger partial charge in [0.2, 0.25) is 15.9 Å². The van der Waals surface area contributed by atoms with Crippen LogP contribution in [0.5, 0.6) is 0 Å². The van der Waals surface area contributed by atoms with Crippen LogP contribution in [0, 0.1) is 5.92 Å². The van der Waals surface area contributed by atoms with E-state index < -0.39 is 10.0 Å². The smallest absolute Gasteiger partial charge is 0.242 e. The van der Waals surface area contributed by atoms with Crippen LogP contribution in [0.3, 0.4) is 0 Å². The molecule has 1 unspecified atom stereocenters. The van der Waals surface area contributed by atoms with E-state index in [0.717, 1.165) is 18.0 Å². The van der Waals surface area contributed by atoms with Crippen molar-refractivity contribution >= 4 is 28.3 Å². The summed E-state index contributed by atoms with van der Waals surface area (Å²) in [5.74, 6) is 0.689. The number of rotatable bonds is 8. The third-order valence-corrected chi connectivity index (χ3v) is 5.78. The van der Waals surface area contributed by atoms with Gasteiger partial charge in [-0.3, -0.25) is 4.79 Å². The quantitative estimate of drug-likeness (QED) is 0.722. The number of carbonyl (C=O) groups is 1. The van der Waals surface area contributed by atoms with Gasteiger partial charge in [-0.1, -0.05) is 12.1 Å². The minimum Gasteiger partial charge on any atom is -0.348 e. The Hall–Kier alpha value is -1.15. The minimum atomic E-state index is -3.42. The number of benzene rings is 1. The summed E-state index contributed by atoms with van der Waals surface area (Å²) in [4.78, 5) is 12.1. The molecule has 1 aliphatic carbocycles. The van der Waals surface area contributed by atoms with Crippen LogP contribution in [0.25, 0.3) is 0 Å². The first kappa shape index (κ1) is 20.9. The first-order chi connectivity index (χ1) is 10.8. The van der Waals surface area contributed by atoms with Crippen molar-refractivity contribution in [2.75, 3.05) is 27.2 Å². The SMILES string of the molecule is CC(NC(=O)CNCC1CC1)c1ccc(S(=O)(=O)N(C)C)cc1.Cl. The van der Waals surface area contributed by atoms with Crippen LogP contribution >= 0.6 is 12.4 Å². The first-order valence-electron chi connectivity index (χ1n) is 7.83. The molecule has 1 fully saturated rings. The lowest BCUT2D eigenvalue weighted by atomic mass is 10.1. The molecule has 1 saturated carbocycles. The van der Waals surface area contributed by atoms with Crippen molar-refractivity contribution in [3.63, 3.8) is 0 Å². The minimum absolute atomic E-state index is 0. The van der Waals surface area contributed by atoms with Crippen LogP contribution in [-0.2, 0) is 14.8 Å². The fraction of sp³-hybridized carbons (Fsp3) is 0.562. The Balaban J connectivity index is 0.00000288. The second kappa shape index (κ2) is 8.80. The Bertz CT molecular complexity index is 643. The van der Waals surface area contributed by atoms with Crippen LogP contribution in [0.1, 0.15) is 31.4 Å². The molecule has 1 aromatic rings. The van der Waals surface area contributed by atoms with Crippen molar-refractivity contribution in [2.24, 2.45) is 5.92 Å². The Morgan fingerprint density at radius 2 is 1.83 bits per heavy atom. The molecule has 2 rings (SSSR count). The molecule has 6 nitrogen and oxygen atoms in total. The average molecular weight is 376 g/mol. The van der Waals surface area contributed by atoms with Gasteiger partial charge in [0.05, 0.1) is 17.5 Å². The molecule has 0 spiro atoms. The maximum absolute atomic E-state index is 12.0. The van der Waals surface area contributed by atoms with Gasteiger partial charge in [-0.25, -0.2) is 12.7 Å². The van der Waals surface area contributed by atoms with E-state index in [4.69, 9.17) is 0 Å². The van der Waals surface area contributed by atoms with Gasteiger partial charge >= 0.3 is 0 Å². The van der Waals surface area contributed by atoms with Crippen LogP contribution in [-0.4, -0.2) is 45.8 Å². The zero-order valence-corrected chi connectivity index (χ0v) is 15.9. The highest BCUT2D eigenvalue weighted by molar-refractivity contribution is 7.89. The maximum Gasteiger partial charge on any atom is 0.242 e. The molecule has 1 amide bonds. The summed E-state index contributed by atoms with van der Waals surface area (Å²) in [6.07, 6.45) is 2.51. The number of halogens is 1. The lowest BCUT2D eigenvalue weighted by Gasteiger charge is -2.16. The van der Waals surface area contributed by atoms with E-state index in [-0.39, 0.29) is 29.3 Å². The van der Waals surface area contributed by atoms with E-state index in [0.29, 0.717) is 6.54 Å². The summed E-state index contributed by atoms with van der Waals surface area (Å²) in [6, 6.07) is 6.44. The fourth-order valence-corrected chi connectivity index (χ4v) is 3.13. The topological polar surface area (TPSA) is 78.5 Å². The van der Waals surface area contributed by atoms with Crippen molar-refractivity contribution in [1.29, 1.82) is 0 Å². The molecule has 2 N–H and O–H groups in total. The second-order valence-corrected chi connectivity index (χ2v) is 8.37. The Morgan fingerprint density at radius 3 is 2.33 bits per heavy atom. The van der Waals surface area contributed by atoms with Gasteiger partial charge in [0.15, 0.2) is 0 Å². The number of amides is 1. The lowest BCUT2D eigenvalue weighted by Crippen LogP contribution is -2.36. The Kier molecular flexibility index (Phi) is 7.66. The normalized spacial score (nSPS) is 15.7. The number of hydrogen-bond donors (Lipinski definition) is 2. The molecule has 0 radical (unpaired) electrons. The van der Waals surface area contributed by atoms with Crippen LogP contribution < -0.4 is 10.6 Å². The Morgan fingerprint density at radius 1 is 1.25 bits per heavy atom.